The number of phenols is 1. The van der Waals surface area contributed by atoms with E-state index in [0.29, 0.717) is 6.54 Å². The van der Waals surface area contributed by atoms with Crippen molar-refractivity contribution in [2.45, 2.75) is 25.8 Å². The van der Waals surface area contributed by atoms with Crippen LogP contribution in [0.15, 0.2) is 30.3 Å². The zero-order valence-corrected chi connectivity index (χ0v) is 11.3. The van der Waals surface area contributed by atoms with Crippen molar-refractivity contribution < 1.29 is 9.90 Å². The van der Waals surface area contributed by atoms with Crippen molar-refractivity contribution >= 4 is 17.2 Å². The predicted octanol–water partition coefficient (Wildman–Crippen LogP) is 2.87. The highest BCUT2D eigenvalue weighted by Crippen LogP contribution is 2.30. The lowest BCUT2D eigenvalue weighted by atomic mass is 10.2. The van der Waals surface area contributed by atoms with Crippen LogP contribution in [0.25, 0.3) is 0 Å². The van der Waals surface area contributed by atoms with E-state index in [0.717, 1.165) is 23.3 Å². The molecular weight excluding hydrogens is 258 g/mol. The molecule has 1 aromatic heterocycles. The molecule has 98 valence electrons. The van der Waals surface area contributed by atoms with Crippen molar-refractivity contribution in [1.82, 2.24) is 5.32 Å². The molecule has 0 bridgehead atoms. The van der Waals surface area contributed by atoms with Gasteiger partial charge in [0.2, 0.25) is 0 Å². The number of aromatic hydroxyl groups is 1. The molecule has 0 saturated carbocycles. The highest BCUT2D eigenvalue weighted by Gasteiger charge is 2.18. The van der Waals surface area contributed by atoms with Gasteiger partial charge in [-0.1, -0.05) is 12.1 Å². The van der Waals surface area contributed by atoms with E-state index in [-0.39, 0.29) is 11.7 Å². The number of hydrogen-bond acceptors (Lipinski definition) is 3. The van der Waals surface area contributed by atoms with Crippen LogP contribution in [0, 0.1) is 0 Å². The molecule has 1 heterocycles. The molecule has 3 rings (SSSR count). The Kier molecular flexibility index (Phi) is 3.25. The zero-order valence-electron chi connectivity index (χ0n) is 10.5. The lowest BCUT2D eigenvalue weighted by molar-refractivity contribution is 0.0955. The number of fused-ring (bicyclic) bond motifs is 1. The van der Waals surface area contributed by atoms with Gasteiger partial charge < -0.3 is 10.4 Å². The summed E-state index contributed by atoms with van der Waals surface area (Å²) in [5.74, 6) is 0.199. The van der Waals surface area contributed by atoms with Gasteiger partial charge in [0, 0.05) is 11.4 Å². The van der Waals surface area contributed by atoms with Crippen molar-refractivity contribution in [2.24, 2.45) is 0 Å². The summed E-state index contributed by atoms with van der Waals surface area (Å²) < 4.78 is 0. The van der Waals surface area contributed by atoms with Crippen molar-refractivity contribution in [3.8, 4) is 5.75 Å². The van der Waals surface area contributed by atoms with Crippen LogP contribution in [0.4, 0.5) is 0 Å². The van der Waals surface area contributed by atoms with Gasteiger partial charge in [-0.15, -0.1) is 11.3 Å². The second-order valence-corrected chi connectivity index (χ2v) is 5.90. The molecule has 1 amide bonds. The van der Waals surface area contributed by atoms with Crippen LogP contribution in [0.5, 0.6) is 5.75 Å². The van der Waals surface area contributed by atoms with Crippen LogP contribution in [0.1, 0.15) is 32.1 Å². The number of carbonyl (C=O) groups is 1. The SMILES string of the molecule is O=C(NCc1cccc(O)c1)c1cc2c(s1)CCC2. The Balaban J connectivity index is 1.65. The molecule has 0 fully saturated rings. The van der Waals surface area contributed by atoms with Crippen molar-refractivity contribution in [3.63, 3.8) is 0 Å². The number of hydrogen-bond donors (Lipinski definition) is 2. The third-order valence-corrected chi connectivity index (χ3v) is 4.57. The molecule has 0 unspecified atom stereocenters. The number of aryl methyl sites for hydroxylation is 2. The molecule has 2 aromatic rings. The minimum atomic E-state index is -0.0252. The Morgan fingerprint density at radius 1 is 1.32 bits per heavy atom. The number of amides is 1. The molecule has 2 N–H and O–H groups in total. The molecule has 3 nitrogen and oxygen atoms in total. The van der Waals surface area contributed by atoms with Crippen LogP contribution < -0.4 is 5.32 Å². The van der Waals surface area contributed by atoms with Gasteiger partial charge in [0.15, 0.2) is 0 Å². The number of thiophene rings is 1. The van der Waals surface area contributed by atoms with Gasteiger partial charge >= 0.3 is 0 Å². The Labute approximate surface area is 115 Å². The molecule has 4 heteroatoms. The van der Waals surface area contributed by atoms with Gasteiger partial charge in [-0.25, -0.2) is 0 Å². The average molecular weight is 273 g/mol. The van der Waals surface area contributed by atoms with Gasteiger partial charge in [0.1, 0.15) is 5.75 Å². The Bertz CT molecular complexity index is 597. The third kappa shape index (κ3) is 2.63. The van der Waals surface area contributed by atoms with Gasteiger partial charge in [0.05, 0.1) is 4.88 Å². The van der Waals surface area contributed by atoms with Crippen molar-refractivity contribution in [2.75, 3.05) is 0 Å². The lowest BCUT2D eigenvalue weighted by Crippen LogP contribution is -2.21. The third-order valence-electron chi connectivity index (χ3n) is 3.33. The summed E-state index contributed by atoms with van der Waals surface area (Å²) >= 11 is 1.61. The van der Waals surface area contributed by atoms with Crippen LogP contribution in [0.2, 0.25) is 0 Å². The maximum Gasteiger partial charge on any atom is 0.261 e. The fourth-order valence-corrected chi connectivity index (χ4v) is 3.55. The van der Waals surface area contributed by atoms with E-state index < -0.39 is 0 Å². The molecule has 0 spiro atoms. The van der Waals surface area contributed by atoms with Crippen molar-refractivity contribution in [3.05, 3.63) is 51.2 Å². The molecule has 0 aliphatic heterocycles. The second kappa shape index (κ2) is 5.05. The fraction of sp³-hybridized carbons (Fsp3) is 0.267. The van der Waals surface area contributed by atoms with Gasteiger partial charge in [0.25, 0.3) is 5.91 Å². The Morgan fingerprint density at radius 2 is 2.21 bits per heavy atom. The largest absolute Gasteiger partial charge is 0.508 e. The standard InChI is InChI=1S/C15H15NO2S/c17-12-5-1-3-10(7-12)9-16-15(18)14-8-11-4-2-6-13(11)19-14/h1,3,5,7-8,17H,2,4,6,9H2,(H,16,18). The second-order valence-electron chi connectivity index (χ2n) is 4.77. The summed E-state index contributed by atoms with van der Waals surface area (Å²) in [6.07, 6.45) is 3.43. The number of nitrogens with one attached hydrogen (secondary N) is 1. The van der Waals surface area contributed by atoms with E-state index in [4.69, 9.17) is 0 Å². The minimum Gasteiger partial charge on any atom is -0.508 e. The first-order chi connectivity index (χ1) is 9.22. The van der Waals surface area contributed by atoms with Crippen LogP contribution in [-0.2, 0) is 19.4 Å². The molecule has 0 radical (unpaired) electrons. The molecule has 0 atom stereocenters. The number of rotatable bonds is 3. The summed E-state index contributed by atoms with van der Waals surface area (Å²) in [5.41, 5.74) is 2.24. The van der Waals surface area contributed by atoms with E-state index in [1.807, 2.05) is 12.1 Å². The predicted molar refractivity (Wildman–Crippen MR) is 75.6 cm³/mol. The van der Waals surface area contributed by atoms with Crippen LogP contribution >= 0.6 is 11.3 Å². The van der Waals surface area contributed by atoms with E-state index >= 15 is 0 Å². The van der Waals surface area contributed by atoms with Crippen LogP contribution in [0.3, 0.4) is 0 Å². The van der Waals surface area contributed by atoms with Gasteiger partial charge in [-0.2, -0.15) is 0 Å². The van der Waals surface area contributed by atoms with E-state index in [9.17, 15) is 9.90 Å². The summed E-state index contributed by atoms with van der Waals surface area (Å²) in [4.78, 5) is 14.2. The molecule has 1 aliphatic carbocycles. The summed E-state index contributed by atoms with van der Waals surface area (Å²) in [6, 6.07) is 8.96. The number of carbonyl (C=O) groups excluding carboxylic acids is 1. The molecule has 1 aliphatic rings. The van der Waals surface area contributed by atoms with Crippen LogP contribution in [-0.4, -0.2) is 11.0 Å². The summed E-state index contributed by atoms with van der Waals surface area (Å²) in [7, 11) is 0. The minimum absolute atomic E-state index is 0.0252. The van der Waals surface area contributed by atoms with E-state index in [1.54, 1.807) is 29.5 Å². The first-order valence-corrected chi connectivity index (χ1v) is 7.22. The number of benzene rings is 1. The van der Waals surface area contributed by atoms with Crippen molar-refractivity contribution in [1.29, 1.82) is 0 Å². The smallest absolute Gasteiger partial charge is 0.261 e. The summed E-state index contributed by atoms with van der Waals surface area (Å²) in [6.45, 7) is 0.440. The normalized spacial score (nSPS) is 13.3. The average Bonchev–Trinajstić information content (AvgIpc) is 2.96. The topological polar surface area (TPSA) is 49.3 Å². The first kappa shape index (κ1) is 12.2. The molecule has 1 aromatic carbocycles. The fourth-order valence-electron chi connectivity index (χ4n) is 2.38. The van der Waals surface area contributed by atoms with Gasteiger partial charge in [-0.3, -0.25) is 4.79 Å². The quantitative estimate of drug-likeness (QED) is 0.903. The first-order valence-electron chi connectivity index (χ1n) is 6.40. The highest BCUT2D eigenvalue weighted by molar-refractivity contribution is 7.14. The summed E-state index contributed by atoms with van der Waals surface area (Å²) in [5, 5.41) is 12.3. The Morgan fingerprint density at radius 3 is 3.00 bits per heavy atom. The monoisotopic (exact) mass is 273 g/mol. The van der Waals surface area contributed by atoms with E-state index in [2.05, 4.69) is 5.32 Å². The zero-order chi connectivity index (χ0) is 13.2. The lowest BCUT2D eigenvalue weighted by Gasteiger charge is -2.04. The van der Waals surface area contributed by atoms with E-state index in [1.165, 1.54) is 16.9 Å². The maximum absolute atomic E-state index is 12.0. The molecule has 0 saturated heterocycles. The highest BCUT2D eigenvalue weighted by atomic mass is 32.1. The maximum atomic E-state index is 12.0. The molecule has 19 heavy (non-hydrogen) atoms. The molecular formula is C15H15NO2S. The Hall–Kier alpha value is -1.81. The number of phenolic OH excluding ortho intramolecular Hbond substituents is 1. The van der Waals surface area contributed by atoms with Gasteiger partial charge in [-0.05, 0) is 48.6 Å².